The van der Waals surface area contributed by atoms with E-state index in [9.17, 15) is 9.90 Å². The Morgan fingerprint density at radius 2 is 2.20 bits per heavy atom. The number of carboxylic acids is 1. The van der Waals surface area contributed by atoms with Gasteiger partial charge >= 0.3 is 5.97 Å². The third-order valence-corrected chi connectivity index (χ3v) is 5.85. The Hall–Kier alpha value is -1.23. The van der Waals surface area contributed by atoms with Crippen LogP contribution in [0.3, 0.4) is 0 Å². The van der Waals surface area contributed by atoms with Crippen LogP contribution in [0.2, 0.25) is 0 Å². The summed E-state index contributed by atoms with van der Waals surface area (Å²) in [6, 6.07) is 6.32. The van der Waals surface area contributed by atoms with E-state index in [0.717, 1.165) is 17.0 Å². The van der Waals surface area contributed by atoms with Crippen molar-refractivity contribution in [2.24, 2.45) is 0 Å². The maximum absolute atomic E-state index is 11.6. The molecule has 2 atom stereocenters. The summed E-state index contributed by atoms with van der Waals surface area (Å²) in [5.41, 5.74) is 3.54. The molecule has 0 saturated heterocycles. The average Bonchev–Trinajstić information content (AvgIpc) is 2.58. The van der Waals surface area contributed by atoms with Crippen molar-refractivity contribution < 1.29 is 14.6 Å². The molecule has 25 heavy (non-hydrogen) atoms. The molecular weight excluding hydrogens is 356 g/mol. The third-order valence-electron chi connectivity index (χ3n) is 4.27. The van der Waals surface area contributed by atoms with Crippen LogP contribution in [0.15, 0.2) is 45.9 Å². The number of hydrogen-bond acceptors (Lipinski definition) is 3. The molecule has 0 fully saturated rings. The molecular formula is C20H25ClO3S. The van der Waals surface area contributed by atoms with E-state index in [1.54, 1.807) is 11.8 Å². The lowest BCUT2D eigenvalue weighted by Crippen LogP contribution is -2.30. The van der Waals surface area contributed by atoms with Gasteiger partial charge in [0.2, 0.25) is 0 Å². The van der Waals surface area contributed by atoms with Gasteiger partial charge in [-0.3, -0.25) is 0 Å². The lowest BCUT2D eigenvalue weighted by molar-refractivity contribution is -0.152. The topological polar surface area (TPSA) is 46.5 Å². The van der Waals surface area contributed by atoms with E-state index in [1.807, 2.05) is 19.1 Å². The van der Waals surface area contributed by atoms with Crippen molar-refractivity contribution in [3.05, 3.63) is 52.1 Å². The highest BCUT2D eigenvalue weighted by molar-refractivity contribution is 7.99. The van der Waals surface area contributed by atoms with E-state index < -0.39 is 12.1 Å². The molecule has 2 rings (SSSR count). The van der Waals surface area contributed by atoms with Crippen LogP contribution < -0.4 is 0 Å². The van der Waals surface area contributed by atoms with Crippen LogP contribution in [0.5, 0.6) is 0 Å². The van der Waals surface area contributed by atoms with Crippen molar-refractivity contribution in [1.29, 1.82) is 0 Å². The van der Waals surface area contributed by atoms with Gasteiger partial charge in [-0.25, -0.2) is 4.79 Å². The van der Waals surface area contributed by atoms with Gasteiger partial charge in [-0.15, -0.1) is 11.8 Å². The van der Waals surface area contributed by atoms with E-state index in [2.05, 4.69) is 32.0 Å². The first-order valence-electron chi connectivity index (χ1n) is 8.54. The highest BCUT2D eigenvalue weighted by Crippen LogP contribution is 2.28. The molecule has 1 aromatic rings. The molecule has 1 aliphatic carbocycles. The summed E-state index contributed by atoms with van der Waals surface area (Å²) in [5.74, 6) is -0.205. The van der Waals surface area contributed by atoms with Gasteiger partial charge in [-0.2, -0.15) is 0 Å². The first kappa shape index (κ1) is 20.1. The molecule has 5 heteroatoms. The van der Waals surface area contributed by atoms with Crippen molar-refractivity contribution in [2.75, 3.05) is 5.75 Å². The molecule has 136 valence electrons. The summed E-state index contributed by atoms with van der Waals surface area (Å²) < 4.78 is 5.83. The van der Waals surface area contributed by atoms with Gasteiger partial charge in [0, 0.05) is 15.7 Å². The molecule has 0 aliphatic heterocycles. The Morgan fingerprint density at radius 1 is 1.44 bits per heavy atom. The Morgan fingerprint density at radius 3 is 2.88 bits per heavy atom. The van der Waals surface area contributed by atoms with Crippen LogP contribution in [0.1, 0.15) is 37.3 Å². The SMILES string of the molecule is CCC1=C(Cl)C=CC(O[C@@H](CCSc2cc(C)ccc2C)C(=O)O)C1. The number of aryl methyl sites for hydroxylation is 2. The van der Waals surface area contributed by atoms with Gasteiger partial charge in [-0.05, 0) is 56.4 Å². The lowest BCUT2D eigenvalue weighted by atomic mass is 10.00. The second-order valence-electron chi connectivity index (χ2n) is 6.28. The number of rotatable bonds is 8. The summed E-state index contributed by atoms with van der Waals surface area (Å²) in [7, 11) is 0. The number of carboxylic acid groups (broad SMARTS) is 1. The minimum atomic E-state index is -0.909. The minimum absolute atomic E-state index is 0.218. The van der Waals surface area contributed by atoms with Crippen molar-refractivity contribution in [2.45, 2.75) is 57.1 Å². The monoisotopic (exact) mass is 380 g/mol. The smallest absolute Gasteiger partial charge is 0.332 e. The number of benzene rings is 1. The zero-order valence-corrected chi connectivity index (χ0v) is 16.5. The van der Waals surface area contributed by atoms with Crippen LogP contribution >= 0.6 is 23.4 Å². The maximum atomic E-state index is 11.6. The molecule has 1 unspecified atom stereocenters. The summed E-state index contributed by atoms with van der Waals surface area (Å²) in [5, 5.41) is 10.2. The Kier molecular flexibility index (Phi) is 7.60. The van der Waals surface area contributed by atoms with Gasteiger partial charge in [0.25, 0.3) is 0 Å². The molecule has 0 aromatic heterocycles. The number of carbonyl (C=O) groups is 1. The Bertz CT molecular complexity index is 682. The average molecular weight is 381 g/mol. The number of ether oxygens (including phenoxy) is 1. The molecule has 0 spiro atoms. The van der Waals surface area contributed by atoms with E-state index in [0.29, 0.717) is 18.6 Å². The molecule has 1 aliphatic rings. The predicted octanol–water partition coefficient (Wildman–Crippen LogP) is 5.49. The Balaban J connectivity index is 1.90. The van der Waals surface area contributed by atoms with Crippen molar-refractivity contribution in [3.63, 3.8) is 0 Å². The van der Waals surface area contributed by atoms with Crippen molar-refractivity contribution >= 4 is 29.3 Å². The number of thioether (sulfide) groups is 1. The van der Waals surface area contributed by atoms with Crippen molar-refractivity contribution in [3.8, 4) is 0 Å². The van der Waals surface area contributed by atoms with Crippen LogP contribution in [-0.2, 0) is 9.53 Å². The summed E-state index contributed by atoms with van der Waals surface area (Å²) in [4.78, 5) is 12.8. The van der Waals surface area contributed by atoms with E-state index in [4.69, 9.17) is 16.3 Å². The van der Waals surface area contributed by atoms with Crippen LogP contribution in [-0.4, -0.2) is 29.0 Å². The number of allylic oxidation sites excluding steroid dienone is 2. The number of halogens is 1. The van der Waals surface area contributed by atoms with E-state index >= 15 is 0 Å². The molecule has 3 nitrogen and oxygen atoms in total. The van der Waals surface area contributed by atoms with Crippen LogP contribution in [0, 0.1) is 13.8 Å². The third kappa shape index (κ3) is 5.91. The zero-order valence-electron chi connectivity index (χ0n) is 14.9. The summed E-state index contributed by atoms with van der Waals surface area (Å²) >= 11 is 7.83. The lowest BCUT2D eigenvalue weighted by Gasteiger charge is -2.24. The first-order valence-corrected chi connectivity index (χ1v) is 9.91. The number of hydrogen-bond donors (Lipinski definition) is 1. The molecule has 0 heterocycles. The van der Waals surface area contributed by atoms with E-state index in [1.165, 1.54) is 16.0 Å². The minimum Gasteiger partial charge on any atom is -0.479 e. The Labute approximate surface area is 159 Å². The zero-order chi connectivity index (χ0) is 18.4. The summed E-state index contributed by atoms with van der Waals surface area (Å²) in [6.45, 7) is 6.18. The molecule has 0 saturated carbocycles. The van der Waals surface area contributed by atoms with E-state index in [-0.39, 0.29) is 6.10 Å². The second-order valence-corrected chi connectivity index (χ2v) is 7.82. The number of aliphatic carboxylic acids is 1. The van der Waals surface area contributed by atoms with Crippen LogP contribution in [0.4, 0.5) is 0 Å². The molecule has 1 aromatic carbocycles. The van der Waals surface area contributed by atoms with Gasteiger partial charge < -0.3 is 9.84 Å². The highest BCUT2D eigenvalue weighted by Gasteiger charge is 2.24. The largest absolute Gasteiger partial charge is 0.479 e. The van der Waals surface area contributed by atoms with Crippen molar-refractivity contribution in [1.82, 2.24) is 0 Å². The fraction of sp³-hybridized carbons (Fsp3) is 0.450. The molecule has 1 N–H and O–H groups in total. The van der Waals surface area contributed by atoms with Gasteiger partial charge in [-0.1, -0.05) is 42.3 Å². The van der Waals surface area contributed by atoms with Crippen LogP contribution in [0.25, 0.3) is 0 Å². The van der Waals surface area contributed by atoms with Gasteiger partial charge in [0.15, 0.2) is 6.10 Å². The fourth-order valence-electron chi connectivity index (χ4n) is 2.72. The predicted molar refractivity (Wildman–Crippen MR) is 104 cm³/mol. The first-order chi connectivity index (χ1) is 11.9. The maximum Gasteiger partial charge on any atom is 0.332 e. The molecule has 0 bridgehead atoms. The molecule has 0 amide bonds. The quantitative estimate of drug-likeness (QED) is 0.606. The second kappa shape index (κ2) is 9.46. The normalized spacial score (nSPS) is 18.5. The fourth-order valence-corrected chi connectivity index (χ4v) is 4.12. The highest BCUT2D eigenvalue weighted by atomic mass is 35.5. The summed E-state index contributed by atoms with van der Waals surface area (Å²) in [6.07, 6.45) is 4.64. The van der Waals surface area contributed by atoms with Gasteiger partial charge in [0.05, 0.1) is 6.10 Å². The standard InChI is InChI=1S/C20H25ClO3S/c1-4-15-12-16(7-8-17(15)21)24-18(20(22)23)9-10-25-19-11-13(2)5-6-14(19)3/h5-8,11,16,18H,4,9-10,12H2,1-3H3,(H,22,23)/t16?,18-/m0/s1. The molecule has 0 radical (unpaired) electrons. The van der Waals surface area contributed by atoms with Gasteiger partial charge in [0.1, 0.15) is 0 Å².